The van der Waals surface area contributed by atoms with Gasteiger partial charge in [0.2, 0.25) is 0 Å². The second kappa shape index (κ2) is 6.34. The van der Waals surface area contributed by atoms with Gasteiger partial charge < -0.3 is 11.1 Å². The quantitative estimate of drug-likeness (QED) is 0.819. The van der Waals surface area contributed by atoms with Crippen LogP contribution in [0, 0.1) is 6.92 Å². The average molecular weight is 270 g/mol. The number of aryl methyl sites for hydroxylation is 1. The van der Waals surface area contributed by atoms with E-state index >= 15 is 0 Å². The number of hydrogen-bond donors (Lipinski definition) is 2. The third-order valence-corrected chi connectivity index (χ3v) is 3.32. The van der Waals surface area contributed by atoms with Gasteiger partial charge in [0.15, 0.2) is 0 Å². The second-order valence-corrected chi connectivity index (χ2v) is 4.96. The standard InChI is InChI=1S/C16H18N2S/c1-12-6-5-9-14(16(17)19)15(12)18-11-10-13-7-3-2-4-8-13/h2-9,18H,10-11H2,1H3,(H2,17,19). The molecule has 0 atom stereocenters. The average Bonchev–Trinajstić information content (AvgIpc) is 2.41. The summed E-state index contributed by atoms with van der Waals surface area (Å²) in [7, 11) is 0. The molecule has 0 heterocycles. The zero-order valence-corrected chi connectivity index (χ0v) is 11.8. The maximum Gasteiger partial charge on any atom is 0.106 e. The molecule has 0 fully saturated rings. The van der Waals surface area contributed by atoms with Gasteiger partial charge >= 0.3 is 0 Å². The fourth-order valence-electron chi connectivity index (χ4n) is 2.08. The Labute approximate surface area is 119 Å². The van der Waals surface area contributed by atoms with Crippen LogP contribution in [0.1, 0.15) is 16.7 Å². The molecule has 19 heavy (non-hydrogen) atoms. The van der Waals surface area contributed by atoms with Crippen LogP contribution >= 0.6 is 12.2 Å². The lowest BCUT2D eigenvalue weighted by atomic mass is 10.1. The number of hydrogen-bond acceptors (Lipinski definition) is 2. The number of nitrogens with one attached hydrogen (secondary N) is 1. The molecule has 0 bridgehead atoms. The summed E-state index contributed by atoms with van der Waals surface area (Å²) in [5.41, 5.74) is 10.2. The van der Waals surface area contributed by atoms with Gasteiger partial charge in [-0.25, -0.2) is 0 Å². The summed E-state index contributed by atoms with van der Waals surface area (Å²) in [6, 6.07) is 16.4. The highest BCUT2D eigenvalue weighted by atomic mass is 32.1. The van der Waals surface area contributed by atoms with E-state index in [1.54, 1.807) is 0 Å². The Hall–Kier alpha value is -1.87. The Kier molecular flexibility index (Phi) is 4.53. The largest absolute Gasteiger partial charge is 0.389 e. The zero-order valence-electron chi connectivity index (χ0n) is 11.0. The number of rotatable bonds is 5. The minimum Gasteiger partial charge on any atom is -0.389 e. The monoisotopic (exact) mass is 270 g/mol. The molecule has 0 aromatic heterocycles. The summed E-state index contributed by atoms with van der Waals surface area (Å²) < 4.78 is 0. The smallest absolute Gasteiger partial charge is 0.106 e. The predicted octanol–water partition coefficient (Wildman–Crippen LogP) is 3.28. The van der Waals surface area contributed by atoms with Crippen LogP contribution in [-0.2, 0) is 6.42 Å². The van der Waals surface area contributed by atoms with E-state index in [0.717, 1.165) is 24.2 Å². The molecule has 2 rings (SSSR count). The van der Waals surface area contributed by atoms with E-state index in [9.17, 15) is 0 Å². The molecular weight excluding hydrogens is 252 g/mol. The molecule has 0 saturated carbocycles. The Bertz CT molecular complexity index is 564. The van der Waals surface area contributed by atoms with Gasteiger partial charge in [-0.1, -0.05) is 54.7 Å². The number of para-hydroxylation sites is 1. The first-order valence-electron chi connectivity index (χ1n) is 6.35. The summed E-state index contributed by atoms with van der Waals surface area (Å²) in [6.07, 6.45) is 0.978. The Morgan fingerprint density at radius 2 is 1.84 bits per heavy atom. The minimum absolute atomic E-state index is 0.436. The first-order chi connectivity index (χ1) is 9.18. The van der Waals surface area contributed by atoms with Crippen LogP contribution in [0.3, 0.4) is 0 Å². The maximum absolute atomic E-state index is 5.76. The van der Waals surface area contributed by atoms with E-state index in [1.165, 1.54) is 11.1 Å². The lowest BCUT2D eigenvalue weighted by Crippen LogP contribution is -2.15. The lowest BCUT2D eigenvalue weighted by Gasteiger charge is -2.14. The molecule has 0 aliphatic rings. The van der Waals surface area contributed by atoms with Crippen LogP contribution in [0.15, 0.2) is 48.5 Å². The SMILES string of the molecule is Cc1cccc(C(N)=S)c1NCCc1ccccc1. The third-order valence-electron chi connectivity index (χ3n) is 3.10. The summed E-state index contributed by atoms with van der Waals surface area (Å²) in [6.45, 7) is 2.93. The topological polar surface area (TPSA) is 38.0 Å². The summed E-state index contributed by atoms with van der Waals surface area (Å²) in [5.74, 6) is 0. The van der Waals surface area contributed by atoms with E-state index < -0.39 is 0 Å². The second-order valence-electron chi connectivity index (χ2n) is 4.52. The fourth-order valence-corrected chi connectivity index (χ4v) is 2.25. The van der Waals surface area contributed by atoms with Crippen LogP contribution in [0.4, 0.5) is 5.69 Å². The van der Waals surface area contributed by atoms with E-state index in [0.29, 0.717) is 4.99 Å². The first kappa shape index (κ1) is 13.6. The number of nitrogens with two attached hydrogens (primary N) is 1. The first-order valence-corrected chi connectivity index (χ1v) is 6.76. The van der Waals surface area contributed by atoms with Crippen LogP contribution in [0.5, 0.6) is 0 Å². The molecule has 0 aliphatic heterocycles. The highest BCUT2D eigenvalue weighted by Gasteiger charge is 2.06. The zero-order chi connectivity index (χ0) is 13.7. The van der Waals surface area contributed by atoms with Crippen molar-refractivity contribution in [1.29, 1.82) is 0 Å². The third kappa shape index (κ3) is 3.55. The maximum atomic E-state index is 5.76. The molecule has 3 N–H and O–H groups in total. The Morgan fingerprint density at radius 3 is 2.53 bits per heavy atom. The Balaban J connectivity index is 2.05. The van der Waals surface area contributed by atoms with Crippen molar-refractivity contribution < 1.29 is 0 Å². The van der Waals surface area contributed by atoms with Crippen LogP contribution in [-0.4, -0.2) is 11.5 Å². The van der Waals surface area contributed by atoms with E-state index in [1.807, 2.05) is 18.2 Å². The molecule has 0 unspecified atom stereocenters. The molecule has 98 valence electrons. The van der Waals surface area contributed by atoms with Crippen molar-refractivity contribution in [3.63, 3.8) is 0 Å². The van der Waals surface area contributed by atoms with Crippen molar-refractivity contribution in [2.45, 2.75) is 13.3 Å². The molecule has 0 amide bonds. The van der Waals surface area contributed by atoms with Gasteiger partial charge in [0.1, 0.15) is 4.99 Å². The van der Waals surface area contributed by atoms with Crippen LogP contribution in [0.2, 0.25) is 0 Å². The van der Waals surface area contributed by atoms with Gasteiger partial charge in [0.05, 0.1) is 0 Å². The highest BCUT2D eigenvalue weighted by Crippen LogP contribution is 2.20. The molecule has 0 saturated heterocycles. The molecule has 0 aliphatic carbocycles. The van der Waals surface area contributed by atoms with Crippen LogP contribution < -0.4 is 11.1 Å². The molecular formula is C16H18N2S. The van der Waals surface area contributed by atoms with Crippen molar-refractivity contribution in [1.82, 2.24) is 0 Å². The summed E-state index contributed by atoms with van der Waals surface area (Å²) >= 11 is 5.09. The predicted molar refractivity (Wildman–Crippen MR) is 85.7 cm³/mol. The van der Waals surface area contributed by atoms with Crippen molar-refractivity contribution in [2.75, 3.05) is 11.9 Å². The summed E-state index contributed by atoms with van der Waals surface area (Å²) in [5, 5.41) is 3.44. The van der Waals surface area contributed by atoms with E-state index in [4.69, 9.17) is 18.0 Å². The molecule has 2 nitrogen and oxygen atoms in total. The molecule has 0 spiro atoms. The molecule has 0 radical (unpaired) electrons. The minimum atomic E-state index is 0.436. The molecule has 2 aromatic rings. The van der Waals surface area contributed by atoms with Gasteiger partial charge in [-0.3, -0.25) is 0 Å². The van der Waals surface area contributed by atoms with E-state index in [-0.39, 0.29) is 0 Å². The highest BCUT2D eigenvalue weighted by molar-refractivity contribution is 7.80. The Morgan fingerprint density at radius 1 is 1.11 bits per heavy atom. The normalized spacial score (nSPS) is 10.2. The van der Waals surface area contributed by atoms with Crippen molar-refractivity contribution >= 4 is 22.9 Å². The van der Waals surface area contributed by atoms with Gasteiger partial charge in [-0.15, -0.1) is 0 Å². The summed E-state index contributed by atoms with van der Waals surface area (Å²) in [4.78, 5) is 0.436. The van der Waals surface area contributed by atoms with E-state index in [2.05, 4.69) is 42.6 Å². The number of benzene rings is 2. The number of anilines is 1. The fraction of sp³-hybridized carbons (Fsp3) is 0.188. The number of thiocarbonyl (C=S) groups is 1. The van der Waals surface area contributed by atoms with Gasteiger partial charge in [0.25, 0.3) is 0 Å². The van der Waals surface area contributed by atoms with Crippen molar-refractivity contribution in [3.05, 3.63) is 65.2 Å². The van der Waals surface area contributed by atoms with Gasteiger partial charge in [0, 0.05) is 17.8 Å². The lowest BCUT2D eigenvalue weighted by molar-refractivity contribution is 1.02. The van der Waals surface area contributed by atoms with Gasteiger partial charge in [-0.2, -0.15) is 0 Å². The molecule has 2 aromatic carbocycles. The van der Waals surface area contributed by atoms with Crippen molar-refractivity contribution in [3.8, 4) is 0 Å². The van der Waals surface area contributed by atoms with Gasteiger partial charge in [-0.05, 0) is 30.5 Å². The van der Waals surface area contributed by atoms with Crippen LogP contribution in [0.25, 0.3) is 0 Å². The van der Waals surface area contributed by atoms with Crippen molar-refractivity contribution in [2.24, 2.45) is 5.73 Å². The molecule has 3 heteroatoms.